The van der Waals surface area contributed by atoms with Gasteiger partial charge < -0.3 is 0 Å². The minimum absolute atomic E-state index is 0.0648. The summed E-state index contributed by atoms with van der Waals surface area (Å²) in [7, 11) is 0. The normalized spacial score (nSPS) is 8.67. The molecule has 0 spiro atoms. The average Bonchev–Trinajstić information content (AvgIpc) is 1.86. The minimum atomic E-state index is 0.0648. The van der Waals surface area contributed by atoms with Gasteiger partial charge in [0.05, 0.1) is 5.51 Å². The monoisotopic (exact) mass is 119 g/mol. The zero-order valence-corrected chi connectivity index (χ0v) is 4.38. The summed E-state index contributed by atoms with van der Waals surface area (Å²) in [5, 5.41) is 0. The molecule has 1 aromatic rings. The lowest BCUT2D eigenvalue weighted by atomic mass is 11.7. The van der Waals surface area contributed by atoms with E-state index in [2.05, 4.69) is 4.37 Å². The molecule has 6 heavy (non-hydrogen) atoms. The molecule has 0 aromatic carbocycles. The van der Waals surface area contributed by atoms with Crippen LogP contribution in [0.1, 0.15) is 0 Å². The summed E-state index contributed by atoms with van der Waals surface area (Å²) in [6.45, 7) is 0. The van der Waals surface area contributed by atoms with Gasteiger partial charge >= 0.3 is 4.06 Å². The van der Waals surface area contributed by atoms with Crippen LogP contribution < -0.4 is 4.06 Å². The van der Waals surface area contributed by atoms with Crippen molar-refractivity contribution in [3.05, 3.63) is 14.4 Å². The van der Waals surface area contributed by atoms with Gasteiger partial charge in [0.1, 0.15) is 0 Å². The zero-order chi connectivity index (χ0) is 4.41. The Morgan fingerprint density at radius 1 is 1.83 bits per heavy atom. The number of hydrogen-bond acceptors (Lipinski definition) is 4. The Kier molecular flexibility index (Phi) is 0.979. The van der Waals surface area contributed by atoms with Crippen molar-refractivity contribution in [2.24, 2.45) is 0 Å². The third kappa shape index (κ3) is 0.636. The van der Waals surface area contributed by atoms with Gasteiger partial charge in [0.2, 0.25) is 0 Å². The van der Waals surface area contributed by atoms with Crippen molar-refractivity contribution in [1.82, 2.24) is 4.37 Å². The molecular formula is C2HNOS2. The van der Waals surface area contributed by atoms with Crippen LogP contribution >= 0.6 is 22.9 Å². The first kappa shape index (κ1) is 3.95. The SMILES string of the molecule is O=c1scns1. The quantitative estimate of drug-likeness (QED) is 0.499. The maximum atomic E-state index is 10.0. The first-order valence-corrected chi connectivity index (χ1v) is 2.94. The van der Waals surface area contributed by atoms with Crippen LogP contribution in [0.3, 0.4) is 0 Å². The third-order valence-corrected chi connectivity index (χ3v) is 1.73. The van der Waals surface area contributed by atoms with Crippen LogP contribution in [-0.2, 0) is 0 Å². The van der Waals surface area contributed by atoms with Crippen LogP contribution in [0.4, 0.5) is 0 Å². The number of nitrogens with zero attached hydrogens (tertiary/aromatic N) is 1. The second-order valence-electron chi connectivity index (χ2n) is 0.670. The van der Waals surface area contributed by atoms with E-state index in [4.69, 9.17) is 0 Å². The average molecular weight is 119 g/mol. The van der Waals surface area contributed by atoms with Crippen LogP contribution in [0.2, 0.25) is 0 Å². The molecule has 0 saturated carbocycles. The van der Waals surface area contributed by atoms with Gasteiger partial charge in [-0.1, -0.05) is 11.3 Å². The molecule has 0 saturated heterocycles. The fraction of sp³-hybridized carbons (Fsp3) is 0. The molecule has 4 heteroatoms. The molecule has 0 N–H and O–H groups in total. The maximum absolute atomic E-state index is 10.0. The van der Waals surface area contributed by atoms with Crippen LogP contribution in [0.15, 0.2) is 10.3 Å². The Bertz CT molecular complexity index is 149. The molecule has 1 aromatic heterocycles. The Labute approximate surface area is 42.2 Å². The highest BCUT2D eigenvalue weighted by atomic mass is 32.2. The van der Waals surface area contributed by atoms with Crippen molar-refractivity contribution >= 4 is 22.9 Å². The van der Waals surface area contributed by atoms with Crippen molar-refractivity contribution in [3.8, 4) is 0 Å². The van der Waals surface area contributed by atoms with Crippen LogP contribution in [0, 0.1) is 0 Å². The van der Waals surface area contributed by atoms with Crippen LogP contribution in [0.5, 0.6) is 0 Å². The first-order chi connectivity index (χ1) is 2.89. The van der Waals surface area contributed by atoms with Crippen LogP contribution in [-0.4, -0.2) is 4.37 Å². The van der Waals surface area contributed by atoms with Crippen molar-refractivity contribution in [2.75, 3.05) is 0 Å². The molecule has 0 bridgehead atoms. The highest BCUT2D eigenvalue weighted by Crippen LogP contribution is 1.82. The molecule has 1 rings (SSSR count). The predicted octanol–water partition coefficient (Wildman–Crippen LogP) is 0.565. The van der Waals surface area contributed by atoms with Crippen molar-refractivity contribution in [1.29, 1.82) is 0 Å². The van der Waals surface area contributed by atoms with Gasteiger partial charge in [-0.05, 0) is 0 Å². The Morgan fingerprint density at radius 3 is 2.83 bits per heavy atom. The summed E-state index contributed by atoms with van der Waals surface area (Å²) in [4.78, 5) is 10.0. The van der Waals surface area contributed by atoms with Crippen LogP contribution in [0.25, 0.3) is 0 Å². The summed E-state index contributed by atoms with van der Waals surface area (Å²) in [5.41, 5.74) is 1.53. The number of rotatable bonds is 0. The molecular weight excluding hydrogens is 118 g/mol. The molecule has 0 unspecified atom stereocenters. The van der Waals surface area contributed by atoms with Crippen molar-refractivity contribution < 1.29 is 0 Å². The maximum Gasteiger partial charge on any atom is 0.306 e. The van der Waals surface area contributed by atoms with Gasteiger partial charge in [-0.15, -0.1) is 0 Å². The number of aromatic nitrogens is 1. The molecule has 1 heterocycles. The van der Waals surface area contributed by atoms with E-state index >= 15 is 0 Å². The van der Waals surface area contributed by atoms with E-state index in [0.29, 0.717) is 0 Å². The van der Waals surface area contributed by atoms with Crippen molar-refractivity contribution in [2.45, 2.75) is 0 Å². The molecule has 32 valence electrons. The van der Waals surface area contributed by atoms with Gasteiger partial charge in [-0.25, -0.2) is 0 Å². The van der Waals surface area contributed by atoms with E-state index < -0.39 is 0 Å². The molecule has 0 aliphatic carbocycles. The molecule has 2 nitrogen and oxygen atoms in total. The zero-order valence-electron chi connectivity index (χ0n) is 2.75. The molecule has 0 aliphatic heterocycles. The van der Waals surface area contributed by atoms with Gasteiger partial charge in [0.25, 0.3) is 0 Å². The highest BCUT2D eigenvalue weighted by Gasteiger charge is 1.76. The molecule has 0 aliphatic rings. The lowest BCUT2D eigenvalue weighted by Gasteiger charge is -1.40. The van der Waals surface area contributed by atoms with E-state index in [0.717, 1.165) is 22.9 Å². The predicted molar refractivity (Wildman–Crippen MR) is 26.3 cm³/mol. The summed E-state index contributed by atoms with van der Waals surface area (Å²) >= 11 is 2.12. The minimum Gasteiger partial charge on any atom is -0.264 e. The summed E-state index contributed by atoms with van der Waals surface area (Å²) in [6, 6.07) is 0. The van der Waals surface area contributed by atoms with Gasteiger partial charge in [0.15, 0.2) is 0 Å². The second kappa shape index (κ2) is 1.49. The fourth-order valence-corrected chi connectivity index (χ4v) is 1.10. The van der Waals surface area contributed by atoms with Gasteiger partial charge in [0, 0.05) is 11.5 Å². The first-order valence-electron chi connectivity index (χ1n) is 1.29. The standard InChI is InChI=1S/C2HNOS2/c4-2-5-1-3-6-2/h1H. The highest BCUT2D eigenvalue weighted by molar-refractivity contribution is 7.22. The Balaban J connectivity index is 3.41. The van der Waals surface area contributed by atoms with Gasteiger partial charge in [-0.2, -0.15) is 4.37 Å². The van der Waals surface area contributed by atoms with E-state index in [-0.39, 0.29) is 4.06 Å². The van der Waals surface area contributed by atoms with Crippen molar-refractivity contribution in [3.63, 3.8) is 0 Å². The topological polar surface area (TPSA) is 30.0 Å². The summed E-state index contributed by atoms with van der Waals surface area (Å²) in [5.74, 6) is 0. The molecule has 0 fully saturated rings. The number of hydrogen-bond donors (Lipinski definition) is 0. The molecule has 0 radical (unpaired) electrons. The molecule has 0 amide bonds. The van der Waals surface area contributed by atoms with E-state index in [1.165, 1.54) is 5.51 Å². The summed E-state index contributed by atoms with van der Waals surface area (Å²) in [6.07, 6.45) is 0. The van der Waals surface area contributed by atoms with E-state index in [9.17, 15) is 4.79 Å². The second-order valence-corrected chi connectivity index (χ2v) is 2.51. The largest absolute Gasteiger partial charge is 0.306 e. The van der Waals surface area contributed by atoms with E-state index in [1.54, 1.807) is 0 Å². The third-order valence-electron chi connectivity index (χ3n) is 0.319. The lowest BCUT2D eigenvalue weighted by molar-refractivity contribution is 1.64. The molecule has 0 atom stereocenters. The van der Waals surface area contributed by atoms with E-state index in [1.807, 2.05) is 0 Å². The summed E-state index contributed by atoms with van der Waals surface area (Å²) < 4.78 is 3.63. The van der Waals surface area contributed by atoms with Gasteiger partial charge in [-0.3, -0.25) is 4.79 Å². The lowest BCUT2D eigenvalue weighted by Crippen LogP contribution is -1.73. The smallest absolute Gasteiger partial charge is 0.264 e. The Hall–Kier alpha value is -0.220. The Morgan fingerprint density at radius 2 is 2.67 bits per heavy atom. The fourth-order valence-electron chi connectivity index (χ4n) is 0.151.